The molecule has 1 atom stereocenters. The second-order valence-electron chi connectivity index (χ2n) is 4.72. The average molecular weight is 263 g/mol. The van der Waals surface area contributed by atoms with Crippen LogP contribution in [-0.4, -0.2) is 43.2 Å². The molecule has 1 heterocycles. The number of rotatable bonds is 4. The number of carbonyl (C=O) groups excluding carboxylic acids is 1. The molecule has 1 aliphatic rings. The monoisotopic (exact) mass is 263 g/mol. The zero-order valence-electron chi connectivity index (χ0n) is 11.3. The van der Waals surface area contributed by atoms with Crippen molar-refractivity contribution in [3.8, 4) is 0 Å². The minimum Gasteiger partial charge on any atom is -0.379 e. The molecular formula is C14H21N3O2. The van der Waals surface area contributed by atoms with Crippen LogP contribution in [0.2, 0.25) is 0 Å². The Kier molecular flexibility index (Phi) is 4.90. The quantitative estimate of drug-likeness (QED) is 0.843. The first-order valence-electron chi connectivity index (χ1n) is 6.62. The highest BCUT2D eigenvalue weighted by Gasteiger charge is 2.23. The van der Waals surface area contributed by atoms with Gasteiger partial charge in [0.25, 0.3) is 0 Å². The number of nitrogens with one attached hydrogen (secondary N) is 1. The number of morpholine rings is 1. The second-order valence-corrected chi connectivity index (χ2v) is 4.72. The third-order valence-corrected chi connectivity index (χ3v) is 3.40. The Morgan fingerprint density at radius 1 is 1.47 bits per heavy atom. The van der Waals surface area contributed by atoms with E-state index in [9.17, 15) is 4.79 Å². The van der Waals surface area contributed by atoms with Gasteiger partial charge in [0, 0.05) is 25.3 Å². The van der Waals surface area contributed by atoms with Crippen molar-refractivity contribution in [3.05, 3.63) is 29.8 Å². The summed E-state index contributed by atoms with van der Waals surface area (Å²) in [6, 6.07) is 7.48. The molecule has 0 spiro atoms. The smallest absolute Gasteiger partial charge is 0.241 e. The Balaban J connectivity index is 1.95. The molecule has 1 unspecified atom stereocenters. The summed E-state index contributed by atoms with van der Waals surface area (Å²) in [5.41, 5.74) is 7.40. The maximum atomic E-state index is 12.2. The Bertz CT molecular complexity index is 430. The van der Waals surface area contributed by atoms with E-state index in [-0.39, 0.29) is 11.9 Å². The Hall–Kier alpha value is -1.43. The molecule has 104 valence electrons. The normalized spacial score (nSPS) is 18.0. The molecule has 3 N–H and O–H groups in total. The zero-order chi connectivity index (χ0) is 13.7. The van der Waals surface area contributed by atoms with Crippen molar-refractivity contribution >= 4 is 11.6 Å². The second kappa shape index (κ2) is 6.65. The maximum Gasteiger partial charge on any atom is 0.241 e. The van der Waals surface area contributed by atoms with E-state index >= 15 is 0 Å². The first-order valence-corrected chi connectivity index (χ1v) is 6.62. The van der Waals surface area contributed by atoms with Gasteiger partial charge in [-0.3, -0.25) is 9.69 Å². The molecule has 1 aromatic rings. The zero-order valence-corrected chi connectivity index (χ0v) is 11.3. The number of nitrogens with two attached hydrogens (primary N) is 1. The third-order valence-electron chi connectivity index (χ3n) is 3.40. The molecule has 19 heavy (non-hydrogen) atoms. The number of carbonyl (C=O) groups is 1. The highest BCUT2D eigenvalue weighted by atomic mass is 16.5. The molecule has 1 aromatic carbocycles. The van der Waals surface area contributed by atoms with Crippen molar-refractivity contribution in [3.63, 3.8) is 0 Å². The standard InChI is InChI=1S/C14H21N3O2/c1-11(17-5-7-19-8-6-17)14(18)16-13-4-2-3-12(9-13)10-15/h2-4,9,11H,5-8,10,15H2,1H3,(H,16,18). The van der Waals surface area contributed by atoms with E-state index in [2.05, 4.69) is 10.2 Å². The molecule has 0 aromatic heterocycles. The topological polar surface area (TPSA) is 67.6 Å². The summed E-state index contributed by atoms with van der Waals surface area (Å²) < 4.78 is 5.29. The lowest BCUT2D eigenvalue weighted by Crippen LogP contribution is -2.47. The van der Waals surface area contributed by atoms with Gasteiger partial charge in [-0.25, -0.2) is 0 Å². The molecule has 1 fully saturated rings. The number of ether oxygens (including phenoxy) is 1. The number of anilines is 1. The number of nitrogens with zero attached hydrogens (tertiary/aromatic N) is 1. The van der Waals surface area contributed by atoms with Gasteiger partial charge in [-0.15, -0.1) is 0 Å². The van der Waals surface area contributed by atoms with Crippen LogP contribution in [0.4, 0.5) is 5.69 Å². The lowest BCUT2D eigenvalue weighted by Gasteiger charge is -2.31. The van der Waals surface area contributed by atoms with Gasteiger partial charge >= 0.3 is 0 Å². The summed E-state index contributed by atoms with van der Waals surface area (Å²) in [5.74, 6) is 0.0103. The van der Waals surface area contributed by atoms with Crippen molar-refractivity contribution in [1.29, 1.82) is 0 Å². The van der Waals surface area contributed by atoms with Gasteiger partial charge in [-0.05, 0) is 24.6 Å². The van der Waals surface area contributed by atoms with E-state index in [1.165, 1.54) is 0 Å². The third kappa shape index (κ3) is 3.76. The lowest BCUT2D eigenvalue weighted by molar-refractivity contribution is -0.122. The van der Waals surface area contributed by atoms with Crippen LogP contribution in [0.3, 0.4) is 0 Å². The van der Waals surface area contributed by atoms with Gasteiger partial charge in [0.05, 0.1) is 19.3 Å². The number of hydrogen-bond acceptors (Lipinski definition) is 4. The highest BCUT2D eigenvalue weighted by molar-refractivity contribution is 5.94. The summed E-state index contributed by atoms with van der Waals surface area (Å²) in [4.78, 5) is 14.3. The first kappa shape index (κ1) is 14.0. The molecule has 0 radical (unpaired) electrons. The van der Waals surface area contributed by atoms with Gasteiger partial charge < -0.3 is 15.8 Å². The van der Waals surface area contributed by atoms with E-state index in [0.717, 1.165) is 24.3 Å². The van der Waals surface area contributed by atoms with E-state index in [1.54, 1.807) is 0 Å². The molecule has 2 rings (SSSR count). The highest BCUT2D eigenvalue weighted by Crippen LogP contribution is 2.12. The van der Waals surface area contributed by atoms with Crippen LogP contribution in [0, 0.1) is 0 Å². The van der Waals surface area contributed by atoms with Crippen LogP contribution in [0.1, 0.15) is 12.5 Å². The predicted molar refractivity (Wildman–Crippen MR) is 74.8 cm³/mol. The van der Waals surface area contributed by atoms with Crippen LogP contribution < -0.4 is 11.1 Å². The number of amides is 1. The fourth-order valence-corrected chi connectivity index (χ4v) is 2.15. The van der Waals surface area contributed by atoms with Crippen LogP contribution in [-0.2, 0) is 16.1 Å². The predicted octanol–water partition coefficient (Wildman–Crippen LogP) is 0.804. The Morgan fingerprint density at radius 3 is 2.89 bits per heavy atom. The molecule has 1 amide bonds. The van der Waals surface area contributed by atoms with Crippen LogP contribution in [0.5, 0.6) is 0 Å². The van der Waals surface area contributed by atoms with Crippen molar-refractivity contribution in [2.24, 2.45) is 5.73 Å². The van der Waals surface area contributed by atoms with Gasteiger partial charge in [-0.2, -0.15) is 0 Å². The Labute approximate surface area is 113 Å². The molecule has 5 heteroatoms. The Morgan fingerprint density at radius 2 is 2.21 bits per heavy atom. The van der Waals surface area contributed by atoms with Crippen molar-refractivity contribution in [1.82, 2.24) is 4.90 Å². The molecule has 0 saturated carbocycles. The SMILES string of the molecule is CC(C(=O)Nc1cccc(CN)c1)N1CCOCC1. The number of hydrogen-bond donors (Lipinski definition) is 2. The summed E-state index contributed by atoms with van der Waals surface area (Å²) in [6.45, 7) is 5.39. The van der Waals surface area contributed by atoms with Crippen LogP contribution in [0.25, 0.3) is 0 Å². The number of benzene rings is 1. The van der Waals surface area contributed by atoms with Crippen molar-refractivity contribution < 1.29 is 9.53 Å². The van der Waals surface area contributed by atoms with E-state index in [0.29, 0.717) is 19.8 Å². The van der Waals surface area contributed by atoms with E-state index < -0.39 is 0 Å². The van der Waals surface area contributed by atoms with Crippen LogP contribution in [0.15, 0.2) is 24.3 Å². The molecule has 1 aliphatic heterocycles. The fraction of sp³-hybridized carbons (Fsp3) is 0.500. The molecule has 0 aliphatic carbocycles. The average Bonchev–Trinajstić information content (AvgIpc) is 2.47. The lowest BCUT2D eigenvalue weighted by atomic mass is 10.2. The van der Waals surface area contributed by atoms with Gasteiger partial charge in [0.1, 0.15) is 0 Å². The summed E-state index contributed by atoms with van der Waals surface area (Å²) >= 11 is 0. The van der Waals surface area contributed by atoms with E-state index in [1.807, 2.05) is 31.2 Å². The largest absolute Gasteiger partial charge is 0.379 e. The molecular weight excluding hydrogens is 242 g/mol. The summed E-state index contributed by atoms with van der Waals surface area (Å²) in [5, 5.41) is 2.94. The van der Waals surface area contributed by atoms with Crippen LogP contribution >= 0.6 is 0 Å². The molecule has 5 nitrogen and oxygen atoms in total. The minimum absolute atomic E-state index is 0.0103. The van der Waals surface area contributed by atoms with Crippen molar-refractivity contribution in [2.75, 3.05) is 31.6 Å². The maximum absolute atomic E-state index is 12.2. The van der Waals surface area contributed by atoms with E-state index in [4.69, 9.17) is 10.5 Å². The van der Waals surface area contributed by atoms with Gasteiger partial charge in [0.15, 0.2) is 0 Å². The minimum atomic E-state index is -0.148. The van der Waals surface area contributed by atoms with Gasteiger partial charge in [0.2, 0.25) is 5.91 Å². The van der Waals surface area contributed by atoms with Crippen molar-refractivity contribution in [2.45, 2.75) is 19.5 Å². The fourth-order valence-electron chi connectivity index (χ4n) is 2.15. The molecule has 0 bridgehead atoms. The molecule has 1 saturated heterocycles. The first-order chi connectivity index (χ1) is 9.20. The summed E-state index contributed by atoms with van der Waals surface area (Å²) in [6.07, 6.45) is 0. The summed E-state index contributed by atoms with van der Waals surface area (Å²) in [7, 11) is 0. The van der Waals surface area contributed by atoms with Gasteiger partial charge in [-0.1, -0.05) is 12.1 Å².